The molecule has 0 amide bonds. The maximum atomic E-state index is 11.0. The van der Waals surface area contributed by atoms with Crippen molar-refractivity contribution in [2.45, 2.75) is 19.9 Å². The maximum absolute atomic E-state index is 11.0. The quantitative estimate of drug-likeness (QED) is 0.461. The number of halogens is 4. The predicted octanol–water partition coefficient (Wildman–Crippen LogP) is 4.71. The zero-order valence-electron chi connectivity index (χ0n) is 8.88. The van der Waals surface area contributed by atoms with E-state index in [4.69, 9.17) is 46.4 Å². The molecule has 0 saturated heterocycles. The molecule has 8 heteroatoms. The largest absolute Gasteiger partial charge is 0.234 e. The van der Waals surface area contributed by atoms with Gasteiger partial charge in [-0.1, -0.05) is 51.4 Å². The van der Waals surface area contributed by atoms with Gasteiger partial charge in [-0.05, 0) is 19.9 Å². The van der Waals surface area contributed by atoms with Gasteiger partial charge < -0.3 is 0 Å². The van der Waals surface area contributed by atoms with Crippen molar-refractivity contribution in [2.75, 3.05) is 5.01 Å². The summed E-state index contributed by atoms with van der Waals surface area (Å²) in [4.78, 5) is 11.0. The summed E-state index contributed by atoms with van der Waals surface area (Å²) < 4.78 is 0. The SMILES string of the molecule is CC(C)N(c1c(Cl)c(Cl)cc(Cl)c1Cl)[N+](=O)[O-]. The third-order valence-electron chi connectivity index (χ3n) is 1.98. The minimum Gasteiger partial charge on any atom is -0.234 e. The Morgan fingerprint density at radius 1 is 1.18 bits per heavy atom. The zero-order chi connectivity index (χ0) is 13.3. The second kappa shape index (κ2) is 5.48. The third-order valence-corrected chi connectivity index (χ3v) is 3.54. The molecule has 4 nitrogen and oxygen atoms in total. The highest BCUT2D eigenvalue weighted by Crippen LogP contribution is 2.43. The normalized spacial score (nSPS) is 10.8. The molecule has 0 aliphatic heterocycles. The highest BCUT2D eigenvalue weighted by Gasteiger charge is 2.29. The molecule has 1 aromatic carbocycles. The van der Waals surface area contributed by atoms with Crippen molar-refractivity contribution in [3.8, 4) is 0 Å². The Morgan fingerprint density at radius 2 is 1.59 bits per heavy atom. The van der Waals surface area contributed by atoms with Crippen LogP contribution < -0.4 is 5.01 Å². The average molecular weight is 318 g/mol. The second-order valence-electron chi connectivity index (χ2n) is 3.49. The molecule has 0 atom stereocenters. The Morgan fingerprint density at radius 3 is 1.88 bits per heavy atom. The summed E-state index contributed by atoms with van der Waals surface area (Å²) in [6.45, 7) is 3.26. The van der Waals surface area contributed by atoms with Crippen LogP contribution in [0.3, 0.4) is 0 Å². The third kappa shape index (κ3) is 2.88. The van der Waals surface area contributed by atoms with Gasteiger partial charge >= 0.3 is 0 Å². The van der Waals surface area contributed by atoms with Crippen molar-refractivity contribution in [1.82, 2.24) is 0 Å². The van der Waals surface area contributed by atoms with Crippen LogP contribution >= 0.6 is 46.4 Å². The zero-order valence-corrected chi connectivity index (χ0v) is 11.9. The predicted molar refractivity (Wildman–Crippen MR) is 71.1 cm³/mol. The highest BCUT2D eigenvalue weighted by atomic mass is 35.5. The first-order chi connectivity index (χ1) is 7.77. The standard InChI is InChI=1S/C9H8Cl4N2O2/c1-4(2)14(15(16)17)9-7(12)5(10)3-6(11)8(9)13/h3-4H,1-2H3. The molecule has 0 spiro atoms. The van der Waals surface area contributed by atoms with Gasteiger partial charge in [0.05, 0.1) is 26.1 Å². The van der Waals surface area contributed by atoms with Gasteiger partial charge in [0, 0.05) is 0 Å². The summed E-state index contributed by atoms with van der Waals surface area (Å²) in [5.41, 5.74) is 0.00540. The summed E-state index contributed by atoms with van der Waals surface area (Å²) in [5, 5.41) is 11.5. The van der Waals surface area contributed by atoms with E-state index in [0.29, 0.717) is 0 Å². The summed E-state index contributed by atoms with van der Waals surface area (Å²) in [7, 11) is 0. The number of nitrogens with zero attached hydrogens (tertiary/aromatic N) is 2. The Labute approximate surface area is 118 Å². The fourth-order valence-corrected chi connectivity index (χ4v) is 2.26. The van der Waals surface area contributed by atoms with Gasteiger partial charge in [-0.3, -0.25) is 0 Å². The van der Waals surface area contributed by atoms with E-state index >= 15 is 0 Å². The van der Waals surface area contributed by atoms with Crippen molar-refractivity contribution in [2.24, 2.45) is 0 Å². The summed E-state index contributed by atoms with van der Waals surface area (Å²) >= 11 is 23.5. The number of hydrogen-bond acceptors (Lipinski definition) is 2. The van der Waals surface area contributed by atoms with E-state index in [0.717, 1.165) is 5.01 Å². The second-order valence-corrected chi connectivity index (χ2v) is 5.06. The van der Waals surface area contributed by atoms with Crippen LogP contribution in [0.1, 0.15) is 13.8 Å². The summed E-state index contributed by atoms with van der Waals surface area (Å²) in [6, 6.07) is 0.893. The minimum atomic E-state index is -0.607. The molecular formula is C9H8Cl4N2O2. The van der Waals surface area contributed by atoms with Crippen LogP contribution in [0.5, 0.6) is 0 Å². The molecule has 1 rings (SSSR count). The van der Waals surface area contributed by atoms with Crippen molar-refractivity contribution >= 4 is 52.1 Å². The van der Waals surface area contributed by atoms with E-state index in [9.17, 15) is 10.1 Å². The molecule has 0 radical (unpaired) electrons. The van der Waals surface area contributed by atoms with Crippen LogP contribution in [0.2, 0.25) is 20.1 Å². The molecule has 0 bridgehead atoms. The number of hydrogen-bond donors (Lipinski definition) is 0. The lowest BCUT2D eigenvalue weighted by molar-refractivity contribution is -0.499. The van der Waals surface area contributed by atoms with Gasteiger partial charge in [0.15, 0.2) is 5.03 Å². The number of anilines is 1. The highest BCUT2D eigenvalue weighted by molar-refractivity contribution is 6.50. The lowest BCUT2D eigenvalue weighted by Crippen LogP contribution is -2.36. The van der Waals surface area contributed by atoms with Crippen LogP contribution in [0.15, 0.2) is 6.07 Å². The fourth-order valence-electron chi connectivity index (χ4n) is 1.29. The summed E-state index contributed by atoms with van der Waals surface area (Å²) in [6.07, 6.45) is 0. The number of hydrazine groups is 1. The molecule has 0 aliphatic rings. The Balaban J connectivity index is 3.52. The van der Waals surface area contributed by atoms with Crippen molar-refractivity contribution in [3.05, 3.63) is 36.3 Å². The van der Waals surface area contributed by atoms with E-state index in [-0.39, 0.29) is 25.8 Å². The lowest BCUT2D eigenvalue weighted by atomic mass is 10.2. The number of benzene rings is 1. The molecule has 0 heterocycles. The van der Waals surface area contributed by atoms with Crippen molar-refractivity contribution in [1.29, 1.82) is 0 Å². The van der Waals surface area contributed by atoms with Crippen LogP contribution in [-0.4, -0.2) is 11.1 Å². The van der Waals surface area contributed by atoms with Gasteiger partial charge in [-0.25, -0.2) is 10.1 Å². The first-order valence-electron chi connectivity index (χ1n) is 4.53. The molecule has 0 unspecified atom stereocenters. The Hall–Kier alpha value is -0.420. The molecule has 17 heavy (non-hydrogen) atoms. The van der Waals surface area contributed by atoms with Crippen molar-refractivity contribution < 1.29 is 5.03 Å². The van der Waals surface area contributed by atoms with E-state index in [2.05, 4.69) is 0 Å². The first kappa shape index (κ1) is 14.6. The van der Waals surface area contributed by atoms with Crippen molar-refractivity contribution in [3.63, 3.8) is 0 Å². The Bertz CT molecular complexity index is 439. The first-order valence-corrected chi connectivity index (χ1v) is 6.05. The minimum absolute atomic E-state index is 0.00540. The molecule has 1 aromatic rings. The smallest absolute Gasteiger partial charge is 0.165 e. The van der Waals surface area contributed by atoms with Gasteiger partial charge in [0.25, 0.3) is 0 Å². The molecule has 0 fully saturated rings. The lowest BCUT2D eigenvalue weighted by Gasteiger charge is -2.21. The molecular weight excluding hydrogens is 310 g/mol. The summed E-state index contributed by atoms with van der Waals surface area (Å²) in [5.74, 6) is 0. The van der Waals surface area contributed by atoms with E-state index in [1.807, 2.05) is 0 Å². The van der Waals surface area contributed by atoms with Crippen LogP contribution in [0, 0.1) is 10.1 Å². The monoisotopic (exact) mass is 316 g/mol. The van der Waals surface area contributed by atoms with Gasteiger partial charge in [-0.2, -0.15) is 0 Å². The van der Waals surface area contributed by atoms with Crippen LogP contribution in [0.25, 0.3) is 0 Å². The van der Waals surface area contributed by atoms with Crippen LogP contribution in [0.4, 0.5) is 5.69 Å². The number of nitro groups is 1. The number of rotatable bonds is 3. The van der Waals surface area contributed by atoms with Gasteiger partial charge in [-0.15, -0.1) is 0 Å². The molecule has 0 saturated carbocycles. The Kier molecular flexibility index (Phi) is 4.72. The fraction of sp³-hybridized carbons (Fsp3) is 0.333. The topological polar surface area (TPSA) is 46.4 Å². The van der Waals surface area contributed by atoms with Gasteiger partial charge in [0.2, 0.25) is 0 Å². The van der Waals surface area contributed by atoms with E-state index in [1.54, 1.807) is 13.8 Å². The van der Waals surface area contributed by atoms with Gasteiger partial charge in [0.1, 0.15) is 5.69 Å². The van der Waals surface area contributed by atoms with E-state index in [1.165, 1.54) is 6.07 Å². The molecule has 94 valence electrons. The van der Waals surface area contributed by atoms with Crippen LogP contribution in [-0.2, 0) is 0 Å². The molecule has 0 N–H and O–H groups in total. The molecule has 0 aromatic heterocycles. The molecule has 0 aliphatic carbocycles. The van der Waals surface area contributed by atoms with E-state index < -0.39 is 11.1 Å². The average Bonchev–Trinajstić information content (AvgIpc) is 2.20. The maximum Gasteiger partial charge on any atom is 0.165 e.